The maximum Gasteiger partial charge on any atom is 0.384 e. The van der Waals surface area contributed by atoms with Gasteiger partial charge in [-0.2, -0.15) is 8.78 Å². The van der Waals surface area contributed by atoms with E-state index in [9.17, 15) is 13.6 Å². The van der Waals surface area contributed by atoms with Crippen molar-refractivity contribution in [2.24, 2.45) is 0 Å². The van der Waals surface area contributed by atoms with Crippen LogP contribution in [-0.4, -0.2) is 11.8 Å². The molecule has 0 aromatic heterocycles. The predicted molar refractivity (Wildman–Crippen MR) is 56.8 cm³/mol. The highest BCUT2D eigenvalue weighted by molar-refractivity contribution is 5.86. The Morgan fingerprint density at radius 2 is 2.00 bits per heavy atom. The van der Waals surface area contributed by atoms with Gasteiger partial charge < -0.3 is 5.32 Å². The maximum absolute atomic E-state index is 12.8. The molecule has 0 saturated carbocycles. The van der Waals surface area contributed by atoms with Gasteiger partial charge in [0.05, 0.1) is 6.04 Å². The van der Waals surface area contributed by atoms with Gasteiger partial charge in [-0.25, -0.2) is 0 Å². The Morgan fingerprint density at radius 3 is 2.50 bits per heavy atom. The standard InChI is InChI=1S/C12H11F2NO/c1-3-12(13,14)11(16)15-9(2)10-7-5-4-6-8-10/h1,4-9H,2H3,(H,15,16)/t9-/m1/s1. The quantitative estimate of drug-likeness (QED) is 0.781. The van der Waals surface area contributed by atoms with E-state index in [-0.39, 0.29) is 0 Å². The number of alkyl halides is 2. The summed E-state index contributed by atoms with van der Waals surface area (Å²) < 4.78 is 25.5. The van der Waals surface area contributed by atoms with Gasteiger partial charge in [-0.15, -0.1) is 6.42 Å². The Balaban J connectivity index is 2.70. The van der Waals surface area contributed by atoms with E-state index in [1.54, 1.807) is 37.3 Å². The smallest absolute Gasteiger partial charge is 0.343 e. The number of amides is 1. The predicted octanol–water partition coefficient (Wildman–Crippen LogP) is 2.13. The number of carbonyl (C=O) groups excluding carboxylic acids is 1. The van der Waals surface area contributed by atoms with Crippen molar-refractivity contribution in [1.82, 2.24) is 5.32 Å². The highest BCUT2D eigenvalue weighted by Gasteiger charge is 2.36. The molecule has 1 rings (SSSR count). The highest BCUT2D eigenvalue weighted by atomic mass is 19.3. The Morgan fingerprint density at radius 1 is 1.44 bits per heavy atom. The van der Waals surface area contributed by atoms with Crippen molar-refractivity contribution < 1.29 is 13.6 Å². The van der Waals surface area contributed by atoms with Gasteiger partial charge >= 0.3 is 11.8 Å². The molecule has 1 aromatic rings. The minimum Gasteiger partial charge on any atom is -0.343 e. The zero-order chi connectivity index (χ0) is 12.2. The first-order chi connectivity index (χ1) is 7.47. The minimum atomic E-state index is -3.76. The average Bonchev–Trinajstić information content (AvgIpc) is 2.30. The normalized spacial score (nSPS) is 12.6. The largest absolute Gasteiger partial charge is 0.384 e. The van der Waals surface area contributed by atoms with E-state index in [2.05, 4.69) is 11.7 Å². The van der Waals surface area contributed by atoms with Crippen molar-refractivity contribution in [3.8, 4) is 12.3 Å². The lowest BCUT2D eigenvalue weighted by atomic mass is 10.1. The van der Waals surface area contributed by atoms with Crippen LogP contribution in [0, 0.1) is 12.3 Å². The third kappa shape index (κ3) is 2.80. The van der Waals surface area contributed by atoms with E-state index in [4.69, 9.17) is 0 Å². The fourth-order valence-electron chi connectivity index (χ4n) is 1.18. The summed E-state index contributed by atoms with van der Waals surface area (Å²) in [6, 6.07) is 8.29. The van der Waals surface area contributed by atoms with Crippen molar-refractivity contribution in [3.63, 3.8) is 0 Å². The molecule has 0 radical (unpaired) electrons. The molecule has 0 unspecified atom stereocenters. The van der Waals surface area contributed by atoms with Gasteiger partial charge in [0.25, 0.3) is 0 Å². The topological polar surface area (TPSA) is 29.1 Å². The number of hydrogen-bond acceptors (Lipinski definition) is 1. The fourth-order valence-corrected chi connectivity index (χ4v) is 1.18. The van der Waals surface area contributed by atoms with Crippen LogP contribution in [0.2, 0.25) is 0 Å². The number of benzene rings is 1. The summed E-state index contributed by atoms with van der Waals surface area (Å²) in [6.07, 6.45) is 4.56. The molecule has 1 amide bonds. The van der Waals surface area contributed by atoms with Crippen molar-refractivity contribution in [1.29, 1.82) is 0 Å². The lowest BCUT2D eigenvalue weighted by molar-refractivity contribution is -0.139. The zero-order valence-corrected chi connectivity index (χ0v) is 8.71. The van der Waals surface area contributed by atoms with Gasteiger partial charge in [0.2, 0.25) is 0 Å². The number of terminal acetylenes is 1. The van der Waals surface area contributed by atoms with Gasteiger partial charge in [0, 0.05) is 0 Å². The molecular weight excluding hydrogens is 212 g/mol. The van der Waals surface area contributed by atoms with Crippen LogP contribution >= 0.6 is 0 Å². The summed E-state index contributed by atoms with van der Waals surface area (Å²) in [5.41, 5.74) is 0.740. The zero-order valence-electron chi connectivity index (χ0n) is 8.71. The summed E-state index contributed by atoms with van der Waals surface area (Å²) in [5.74, 6) is -4.06. The molecule has 0 saturated heterocycles. The highest BCUT2D eigenvalue weighted by Crippen LogP contribution is 2.16. The SMILES string of the molecule is C#CC(F)(F)C(=O)N[C@H](C)c1ccccc1. The van der Waals surface area contributed by atoms with Crippen LogP contribution in [0.3, 0.4) is 0 Å². The number of nitrogens with one attached hydrogen (secondary N) is 1. The van der Waals surface area contributed by atoms with Crippen molar-refractivity contribution >= 4 is 5.91 Å². The molecule has 1 atom stereocenters. The van der Waals surface area contributed by atoms with Gasteiger partial charge in [-0.1, -0.05) is 30.3 Å². The summed E-state index contributed by atoms with van der Waals surface area (Å²) in [6.45, 7) is 1.61. The van der Waals surface area contributed by atoms with Gasteiger partial charge in [0.1, 0.15) is 0 Å². The number of hydrogen-bond donors (Lipinski definition) is 1. The van der Waals surface area contributed by atoms with Gasteiger partial charge in [-0.05, 0) is 18.4 Å². The van der Waals surface area contributed by atoms with Crippen LogP contribution in [0.5, 0.6) is 0 Å². The van der Waals surface area contributed by atoms with E-state index >= 15 is 0 Å². The molecule has 16 heavy (non-hydrogen) atoms. The van der Waals surface area contributed by atoms with Crippen molar-refractivity contribution in [2.75, 3.05) is 0 Å². The number of carbonyl (C=O) groups is 1. The molecule has 0 fully saturated rings. The molecule has 0 heterocycles. The van der Waals surface area contributed by atoms with Crippen molar-refractivity contribution in [3.05, 3.63) is 35.9 Å². The lowest BCUT2D eigenvalue weighted by Gasteiger charge is -2.16. The van der Waals surface area contributed by atoms with Crippen LogP contribution in [0.25, 0.3) is 0 Å². The monoisotopic (exact) mass is 223 g/mol. The van der Waals surface area contributed by atoms with E-state index in [1.807, 2.05) is 0 Å². The second-order valence-corrected chi connectivity index (χ2v) is 3.32. The summed E-state index contributed by atoms with van der Waals surface area (Å²) in [5, 5.41) is 2.16. The Labute approximate surface area is 92.7 Å². The Hall–Kier alpha value is -1.89. The van der Waals surface area contributed by atoms with Gasteiger partial charge in [0.15, 0.2) is 0 Å². The van der Waals surface area contributed by atoms with Crippen molar-refractivity contribution in [2.45, 2.75) is 18.9 Å². The number of rotatable bonds is 3. The second-order valence-electron chi connectivity index (χ2n) is 3.32. The summed E-state index contributed by atoms with van der Waals surface area (Å²) in [4.78, 5) is 11.1. The Kier molecular flexibility index (Phi) is 3.62. The molecular formula is C12H11F2NO. The molecule has 0 aliphatic heterocycles. The van der Waals surface area contributed by atoms with Crippen LogP contribution in [0.1, 0.15) is 18.5 Å². The van der Waals surface area contributed by atoms with E-state index in [0.29, 0.717) is 0 Å². The molecule has 1 N–H and O–H groups in total. The second kappa shape index (κ2) is 4.75. The van der Waals surface area contributed by atoms with Crippen LogP contribution < -0.4 is 5.32 Å². The molecule has 1 aromatic carbocycles. The first kappa shape index (κ1) is 12.2. The van der Waals surface area contributed by atoms with Crippen LogP contribution in [0.15, 0.2) is 30.3 Å². The van der Waals surface area contributed by atoms with E-state index in [1.165, 1.54) is 0 Å². The van der Waals surface area contributed by atoms with Crippen LogP contribution in [0.4, 0.5) is 8.78 Å². The van der Waals surface area contributed by atoms with Gasteiger partial charge in [-0.3, -0.25) is 4.79 Å². The molecule has 0 aliphatic rings. The fraction of sp³-hybridized carbons (Fsp3) is 0.250. The van der Waals surface area contributed by atoms with E-state index in [0.717, 1.165) is 11.5 Å². The third-order valence-electron chi connectivity index (χ3n) is 2.11. The first-order valence-electron chi connectivity index (χ1n) is 4.69. The molecule has 4 heteroatoms. The first-order valence-corrected chi connectivity index (χ1v) is 4.69. The summed E-state index contributed by atoms with van der Waals surface area (Å²) in [7, 11) is 0. The molecule has 0 aliphatic carbocycles. The maximum atomic E-state index is 12.8. The average molecular weight is 223 g/mol. The third-order valence-corrected chi connectivity index (χ3v) is 2.11. The minimum absolute atomic E-state index is 0.507. The van der Waals surface area contributed by atoms with Crippen LogP contribution in [-0.2, 0) is 4.79 Å². The number of halogens is 2. The molecule has 0 bridgehead atoms. The summed E-state index contributed by atoms with van der Waals surface area (Å²) >= 11 is 0. The molecule has 84 valence electrons. The lowest BCUT2D eigenvalue weighted by Crippen LogP contribution is -2.40. The van der Waals surface area contributed by atoms with E-state index < -0.39 is 17.9 Å². The Bertz CT molecular complexity index is 409. The molecule has 2 nitrogen and oxygen atoms in total. The molecule has 0 spiro atoms.